The first-order valence-corrected chi connectivity index (χ1v) is 4.72. The highest BCUT2D eigenvalue weighted by atomic mass is 35.5. The molecule has 0 aromatic carbocycles. The van der Waals surface area contributed by atoms with Crippen LogP contribution in [0.5, 0.6) is 0 Å². The van der Waals surface area contributed by atoms with E-state index in [-0.39, 0.29) is 12.4 Å². The average molecular weight is 203 g/mol. The van der Waals surface area contributed by atoms with Crippen LogP contribution in [0.25, 0.3) is 0 Å². The predicted octanol–water partition coefficient (Wildman–Crippen LogP) is 2.24. The molecule has 13 heavy (non-hydrogen) atoms. The number of rotatable bonds is 2. The summed E-state index contributed by atoms with van der Waals surface area (Å²) in [6.45, 7) is 2.42. The van der Waals surface area contributed by atoms with Gasteiger partial charge in [-0.05, 0) is 19.1 Å². The molecule has 0 radical (unpaired) electrons. The van der Waals surface area contributed by atoms with E-state index in [1.807, 2.05) is 19.1 Å². The van der Waals surface area contributed by atoms with Crippen LogP contribution in [0.3, 0.4) is 0 Å². The van der Waals surface area contributed by atoms with Gasteiger partial charge in [-0.15, -0.1) is 11.6 Å². The van der Waals surface area contributed by atoms with E-state index in [1.54, 1.807) is 0 Å². The van der Waals surface area contributed by atoms with Crippen LogP contribution in [0.1, 0.15) is 17.8 Å². The highest BCUT2D eigenvalue weighted by molar-refractivity contribution is 6.18. The first kappa shape index (κ1) is 9.06. The van der Waals surface area contributed by atoms with Crippen LogP contribution in [0.15, 0.2) is 16.5 Å². The van der Waals surface area contributed by atoms with E-state index in [2.05, 4.69) is 0 Å². The van der Waals surface area contributed by atoms with Gasteiger partial charge in [0.1, 0.15) is 5.76 Å². The van der Waals surface area contributed by atoms with Crippen molar-refractivity contribution in [2.45, 2.75) is 19.3 Å². The lowest BCUT2D eigenvalue weighted by Crippen LogP contribution is -2.10. The lowest BCUT2D eigenvalue weighted by molar-refractivity contribution is -0.0710. The number of ether oxygens (including phenoxy) is 2. The van der Waals surface area contributed by atoms with Crippen molar-refractivity contribution in [3.05, 3.63) is 23.7 Å². The van der Waals surface area contributed by atoms with Crippen molar-refractivity contribution in [3.63, 3.8) is 0 Å². The zero-order valence-corrected chi connectivity index (χ0v) is 8.08. The number of alkyl halides is 1. The Hall–Kier alpha value is -0.510. The summed E-state index contributed by atoms with van der Waals surface area (Å²) in [5.41, 5.74) is 0. The Morgan fingerprint density at radius 2 is 2.38 bits per heavy atom. The topological polar surface area (TPSA) is 31.6 Å². The predicted molar refractivity (Wildman–Crippen MR) is 47.7 cm³/mol. The quantitative estimate of drug-likeness (QED) is 0.690. The zero-order chi connectivity index (χ0) is 9.26. The van der Waals surface area contributed by atoms with Crippen LogP contribution in [-0.2, 0) is 9.47 Å². The molecule has 1 aliphatic rings. The average Bonchev–Trinajstić information content (AvgIpc) is 2.71. The number of hydrogen-bond donors (Lipinski definition) is 0. The molecule has 1 aliphatic heterocycles. The van der Waals surface area contributed by atoms with Crippen molar-refractivity contribution >= 4 is 11.6 Å². The molecule has 3 nitrogen and oxygen atoms in total. The molecule has 0 saturated carbocycles. The Morgan fingerprint density at radius 3 is 2.92 bits per heavy atom. The van der Waals surface area contributed by atoms with Gasteiger partial charge in [-0.3, -0.25) is 0 Å². The maximum absolute atomic E-state index is 5.63. The number of hydrogen-bond acceptors (Lipinski definition) is 3. The fourth-order valence-corrected chi connectivity index (χ4v) is 1.42. The molecule has 1 fully saturated rings. The highest BCUT2D eigenvalue weighted by Crippen LogP contribution is 2.28. The second-order valence-corrected chi connectivity index (χ2v) is 3.33. The molecular weight excluding hydrogens is 192 g/mol. The number of halogens is 1. The Morgan fingerprint density at radius 1 is 1.54 bits per heavy atom. The molecule has 2 atom stereocenters. The fraction of sp³-hybridized carbons (Fsp3) is 0.556. The summed E-state index contributed by atoms with van der Waals surface area (Å²) < 4.78 is 16.2. The molecule has 72 valence electrons. The van der Waals surface area contributed by atoms with Gasteiger partial charge in [-0.25, -0.2) is 0 Å². The first-order chi connectivity index (χ1) is 6.29. The molecule has 1 aromatic rings. The number of furan rings is 1. The minimum absolute atomic E-state index is 0.0166. The van der Waals surface area contributed by atoms with Gasteiger partial charge >= 0.3 is 0 Å². The SMILES string of the molecule is Cc1ccc([C@@H]2OC[C@@H](CCl)O2)o1. The second kappa shape index (κ2) is 3.70. The first-order valence-electron chi connectivity index (χ1n) is 4.19. The molecule has 0 aliphatic carbocycles. The van der Waals surface area contributed by atoms with Crippen LogP contribution in [0, 0.1) is 6.92 Å². The van der Waals surface area contributed by atoms with E-state index in [9.17, 15) is 0 Å². The lowest BCUT2D eigenvalue weighted by atomic mass is 10.4. The van der Waals surface area contributed by atoms with E-state index in [0.29, 0.717) is 18.2 Å². The monoisotopic (exact) mass is 202 g/mol. The van der Waals surface area contributed by atoms with Crippen molar-refractivity contribution in [3.8, 4) is 0 Å². The third kappa shape index (κ3) is 1.88. The lowest BCUT2D eigenvalue weighted by Gasteiger charge is -2.06. The largest absolute Gasteiger partial charge is 0.461 e. The van der Waals surface area contributed by atoms with Crippen molar-refractivity contribution < 1.29 is 13.9 Å². The van der Waals surface area contributed by atoms with Gasteiger partial charge in [-0.1, -0.05) is 0 Å². The minimum atomic E-state index is -0.377. The van der Waals surface area contributed by atoms with Crippen LogP contribution >= 0.6 is 11.6 Å². The third-order valence-electron chi connectivity index (χ3n) is 1.92. The van der Waals surface area contributed by atoms with Gasteiger partial charge in [0.2, 0.25) is 6.29 Å². The van der Waals surface area contributed by atoms with E-state index in [1.165, 1.54) is 0 Å². The standard InChI is InChI=1S/C9H11ClO3/c1-6-2-3-8(12-6)9-11-5-7(4-10)13-9/h2-3,7,9H,4-5H2,1H3/t7-,9-/m1/s1. The van der Waals surface area contributed by atoms with Gasteiger partial charge in [0, 0.05) is 0 Å². The van der Waals surface area contributed by atoms with E-state index in [0.717, 1.165) is 5.76 Å². The van der Waals surface area contributed by atoms with Crippen LogP contribution in [-0.4, -0.2) is 18.6 Å². The third-order valence-corrected chi connectivity index (χ3v) is 2.26. The van der Waals surface area contributed by atoms with Crippen molar-refractivity contribution in [1.82, 2.24) is 0 Å². The van der Waals surface area contributed by atoms with Gasteiger partial charge in [0.15, 0.2) is 5.76 Å². The van der Waals surface area contributed by atoms with E-state index >= 15 is 0 Å². The molecule has 0 amide bonds. The summed E-state index contributed by atoms with van der Waals surface area (Å²) in [5, 5.41) is 0. The Balaban J connectivity index is 2.03. The molecule has 0 spiro atoms. The number of aryl methyl sites for hydroxylation is 1. The second-order valence-electron chi connectivity index (χ2n) is 3.03. The summed E-state index contributed by atoms with van der Waals surface area (Å²) in [6.07, 6.45) is -0.394. The Kier molecular flexibility index (Phi) is 2.58. The molecule has 2 rings (SSSR count). The summed E-state index contributed by atoms with van der Waals surface area (Å²) >= 11 is 5.63. The molecule has 0 N–H and O–H groups in total. The van der Waals surface area contributed by atoms with Crippen LogP contribution < -0.4 is 0 Å². The van der Waals surface area contributed by atoms with Gasteiger partial charge in [-0.2, -0.15) is 0 Å². The van der Waals surface area contributed by atoms with Crippen molar-refractivity contribution in [2.24, 2.45) is 0 Å². The van der Waals surface area contributed by atoms with Gasteiger partial charge in [0.05, 0.1) is 18.6 Å². The van der Waals surface area contributed by atoms with Crippen molar-refractivity contribution in [1.29, 1.82) is 0 Å². The molecule has 4 heteroatoms. The van der Waals surface area contributed by atoms with Gasteiger partial charge in [0.25, 0.3) is 0 Å². The molecule has 1 saturated heterocycles. The van der Waals surface area contributed by atoms with Crippen LogP contribution in [0.2, 0.25) is 0 Å². The molecule has 1 aromatic heterocycles. The Bertz CT molecular complexity index is 284. The normalized spacial score (nSPS) is 28.2. The maximum Gasteiger partial charge on any atom is 0.217 e. The Labute approximate surface area is 81.6 Å². The summed E-state index contributed by atoms with van der Waals surface area (Å²) in [6, 6.07) is 3.74. The van der Waals surface area contributed by atoms with Gasteiger partial charge < -0.3 is 13.9 Å². The van der Waals surface area contributed by atoms with E-state index in [4.69, 9.17) is 25.5 Å². The summed E-state index contributed by atoms with van der Waals surface area (Å²) in [4.78, 5) is 0. The van der Waals surface area contributed by atoms with E-state index < -0.39 is 0 Å². The molecule has 2 heterocycles. The minimum Gasteiger partial charge on any atom is -0.461 e. The molecule has 0 unspecified atom stereocenters. The smallest absolute Gasteiger partial charge is 0.217 e. The maximum atomic E-state index is 5.63. The molecular formula is C9H11ClO3. The molecule has 0 bridgehead atoms. The van der Waals surface area contributed by atoms with Crippen LogP contribution in [0.4, 0.5) is 0 Å². The fourth-order valence-electron chi connectivity index (χ4n) is 1.26. The zero-order valence-electron chi connectivity index (χ0n) is 7.33. The highest BCUT2D eigenvalue weighted by Gasteiger charge is 2.28. The summed E-state index contributed by atoms with van der Waals surface area (Å²) in [5.74, 6) is 2.03. The van der Waals surface area contributed by atoms with Crippen molar-refractivity contribution in [2.75, 3.05) is 12.5 Å². The summed E-state index contributed by atoms with van der Waals surface area (Å²) in [7, 11) is 0.